The van der Waals surface area contributed by atoms with E-state index in [0.29, 0.717) is 12.0 Å². The summed E-state index contributed by atoms with van der Waals surface area (Å²) in [5, 5.41) is 4.45. The van der Waals surface area contributed by atoms with E-state index in [4.69, 9.17) is 9.72 Å². The lowest BCUT2D eigenvalue weighted by Crippen LogP contribution is -2.42. The molecule has 1 aliphatic carbocycles. The van der Waals surface area contributed by atoms with Crippen LogP contribution in [0.25, 0.3) is 0 Å². The van der Waals surface area contributed by atoms with Crippen LogP contribution >= 0.6 is 11.3 Å². The van der Waals surface area contributed by atoms with Gasteiger partial charge in [0.15, 0.2) is 0 Å². The summed E-state index contributed by atoms with van der Waals surface area (Å²) in [5.41, 5.74) is 1.34. The summed E-state index contributed by atoms with van der Waals surface area (Å²) in [6.07, 6.45) is 2.78. The van der Waals surface area contributed by atoms with Crippen molar-refractivity contribution in [2.24, 2.45) is 0 Å². The number of ether oxygens (including phenoxy) is 1. The highest BCUT2D eigenvalue weighted by molar-refractivity contribution is 7.11. The Morgan fingerprint density at radius 1 is 1.45 bits per heavy atom. The summed E-state index contributed by atoms with van der Waals surface area (Å²) in [6, 6.07) is 0.584. The van der Waals surface area contributed by atoms with Crippen molar-refractivity contribution in [2.45, 2.75) is 51.3 Å². The predicted molar refractivity (Wildman–Crippen MR) is 82.3 cm³/mol. The lowest BCUT2D eigenvalue weighted by atomic mass is 10.2. The van der Waals surface area contributed by atoms with Crippen LogP contribution in [0.1, 0.15) is 54.3 Å². The maximum Gasteiger partial charge on any atom is 0.123 e. The Balaban J connectivity index is 1.77. The molecule has 2 aliphatic rings. The van der Waals surface area contributed by atoms with Crippen molar-refractivity contribution >= 4 is 11.3 Å². The monoisotopic (exact) mass is 295 g/mol. The molecule has 1 atom stereocenters. The van der Waals surface area contributed by atoms with Crippen molar-refractivity contribution < 1.29 is 4.74 Å². The lowest BCUT2D eigenvalue weighted by molar-refractivity contribution is -0.0403. The first kappa shape index (κ1) is 14.4. The van der Waals surface area contributed by atoms with Crippen molar-refractivity contribution in [3.05, 3.63) is 15.6 Å². The Morgan fingerprint density at radius 2 is 2.25 bits per heavy atom. The van der Waals surface area contributed by atoms with Crippen LogP contribution in [-0.4, -0.2) is 42.7 Å². The quantitative estimate of drug-likeness (QED) is 0.906. The van der Waals surface area contributed by atoms with Crippen LogP contribution in [0, 0.1) is 0 Å². The van der Waals surface area contributed by atoms with Crippen LogP contribution < -0.4 is 5.32 Å². The van der Waals surface area contributed by atoms with Crippen LogP contribution in [0.15, 0.2) is 0 Å². The van der Waals surface area contributed by atoms with E-state index >= 15 is 0 Å². The fraction of sp³-hybridized carbons (Fsp3) is 0.800. The van der Waals surface area contributed by atoms with Crippen LogP contribution in [-0.2, 0) is 11.3 Å². The average molecular weight is 295 g/mol. The van der Waals surface area contributed by atoms with Crippen molar-refractivity contribution in [3.63, 3.8) is 0 Å². The minimum absolute atomic E-state index is 0.166. The predicted octanol–water partition coefficient (Wildman–Crippen LogP) is 2.52. The highest BCUT2D eigenvalue weighted by Crippen LogP contribution is 2.43. The normalized spacial score (nSPS) is 24.5. The van der Waals surface area contributed by atoms with E-state index in [9.17, 15) is 0 Å². The lowest BCUT2D eigenvalue weighted by Gasteiger charge is -2.34. The summed E-state index contributed by atoms with van der Waals surface area (Å²) >= 11 is 1.85. The number of rotatable bonds is 5. The van der Waals surface area contributed by atoms with Gasteiger partial charge in [-0.25, -0.2) is 4.98 Å². The molecule has 4 nitrogen and oxygen atoms in total. The molecule has 1 saturated carbocycles. The molecule has 0 bridgehead atoms. The highest BCUT2D eigenvalue weighted by atomic mass is 32.1. The number of nitrogens with zero attached hydrogens (tertiary/aromatic N) is 2. The summed E-state index contributed by atoms with van der Waals surface area (Å²) < 4.78 is 5.98. The molecule has 3 rings (SSSR count). The number of thiazole rings is 1. The van der Waals surface area contributed by atoms with Gasteiger partial charge in [-0.2, -0.15) is 0 Å². The minimum atomic E-state index is 0.166. The van der Waals surface area contributed by atoms with Gasteiger partial charge in [-0.3, -0.25) is 4.90 Å². The van der Waals surface area contributed by atoms with Crippen LogP contribution in [0.3, 0.4) is 0 Å². The first-order valence-corrected chi connectivity index (χ1v) is 8.50. The van der Waals surface area contributed by atoms with Gasteiger partial charge in [0, 0.05) is 36.5 Å². The summed E-state index contributed by atoms with van der Waals surface area (Å²) in [7, 11) is 2.01. The van der Waals surface area contributed by atoms with Gasteiger partial charge in [-0.15, -0.1) is 11.3 Å². The van der Waals surface area contributed by atoms with Crippen molar-refractivity contribution in [1.29, 1.82) is 0 Å². The zero-order chi connectivity index (χ0) is 14.1. The Kier molecular flexibility index (Phi) is 4.40. The Labute approximate surface area is 125 Å². The smallest absolute Gasteiger partial charge is 0.123 e. The van der Waals surface area contributed by atoms with Gasteiger partial charge < -0.3 is 10.1 Å². The maximum atomic E-state index is 5.98. The second-order valence-corrected chi connectivity index (χ2v) is 7.23. The molecule has 1 N–H and O–H groups in total. The molecular formula is C15H25N3OS. The number of hydrogen-bond donors (Lipinski definition) is 1. The second-order valence-electron chi connectivity index (χ2n) is 6.11. The first-order valence-electron chi connectivity index (χ1n) is 7.68. The fourth-order valence-corrected chi connectivity index (χ4v) is 3.97. The van der Waals surface area contributed by atoms with Crippen LogP contribution in [0.5, 0.6) is 0 Å². The average Bonchev–Trinajstić information content (AvgIpc) is 3.21. The van der Waals surface area contributed by atoms with Gasteiger partial charge in [0.05, 0.1) is 12.3 Å². The Morgan fingerprint density at radius 3 is 2.90 bits per heavy atom. The SMILES string of the molecule is CNCc1sc(C2CN(C(C)C)CCO2)nc1C1CC1. The molecule has 1 unspecified atom stereocenters. The largest absolute Gasteiger partial charge is 0.368 e. The van der Waals surface area contributed by atoms with E-state index in [1.165, 1.54) is 28.4 Å². The summed E-state index contributed by atoms with van der Waals surface area (Å²) in [5.74, 6) is 0.716. The molecule has 0 radical (unpaired) electrons. The van der Waals surface area contributed by atoms with Gasteiger partial charge in [-0.1, -0.05) is 0 Å². The Bertz CT molecular complexity index is 456. The van der Waals surface area contributed by atoms with Crippen LogP contribution in [0.2, 0.25) is 0 Å². The standard InChI is InChI=1S/C15H25N3OS/c1-10(2)18-6-7-19-12(9-18)15-17-14(11-4-5-11)13(20-15)8-16-3/h10-12,16H,4-9H2,1-3H3. The molecule has 0 amide bonds. The van der Waals surface area contributed by atoms with E-state index in [0.717, 1.165) is 26.2 Å². The second kappa shape index (κ2) is 6.10. The van der Waals surface area contributed by atoms with Gasteiger partial charge >= 0.3 is 0 Å². The van der Waals surface area contributed by atoms with Gasteiger partial charge in [0.25, 0.3) is 0 Å². The van der Waals surface area contributed by atoms with Crippen LogP contribution in [0.4, 0.5) is 0 Å². The molecule has 1 aliphatic heterocycles. The van der Waals surface area contributed by atoms with Crippen molar-refractivity contribution in [1.82, 2.24) is 15.2 Å². The molecule has 5 heteroatoms. The van der Waals surface area contributed by atoms with Gasteiger partial charge in [0.1, 0.15) is 11.1 Å². The van der Waals surface area contributed by atoms with Gasteiger partial charge in [-0.05, 0) is 33.7 Å². The van der Waals surface area contributed by atoms with E-state index in [1.807, 2.05) is 18.4 Å². The topological polar surface area (TPSA) is 37.4 Å². The minimum Gasteiger partial charge on any atom is -0.368 e. The molecular weight excluding hydrogens is 270 g/mol. The van der Waals surface area contributed by atoms with Gasteiger partial charge in [0.2, 0.25) is 0 Å². The molecule has 20 heavy (non-hydrogen) atoms. The van der Waals surface area contributed by atoms with Crippen molar-refractivity contribution in [2.75, 3.05) is 26.7 Å². The van der Waals surface area contributed by atoms with Crippen molar-refractivity contribution in [3.8, 4) is 0 Å². The van der Waals surface area contributed by atoms with E-state index in [-0.39, 0.29) is 6.10 Å². The Hall–Kier alpha value is -0.490. The van der Waals surface area contributed by atoms with E-state index in [1.54, 1.807) is 0 Å². The highest BCUT2D eigenvalue weighted by Gasteiger charge is 2.32. The van der Waals surface area contributed by atoms with E-state index in [2.05, 4.69) is 24.1 Å². The third-order valence-corrected chi connectivity index (χ3v) is 5.31. The molecule has 112 valence electrons. The summed E-state index contributed by atoms with van der Waals surface area (Å²) in [4.78, 5) is 8.84. The third-order valence-electron chi connectivity index (χ3n) is 4.15. The first-order chi connectivity index (χ1) is 9.69. The molecule has 0 aromatic carbocycles. The molecule has 0 spiro atoms. The molecule has 1 aromatic heterocycles. The summed E-state index contributed by atoms with van der Waals surface area (Å²) in [6.45, 7) is 8.29. The van der Waals surface area contributed by atoms with E-state index < -0.39 is 0 Å². The molecule has 1 saturated heterocycles. The molecule has 2 fully saturated rings. The number of morpholine rings is 1. The zero-order valence-corrected chi connectivity index (χ0v) is 13.5. The fourth-order valence-electron chi connectivity index (χ4n) is 2.77. The third kappa shape index (κ3) is 3.06. The number of aromatic nitrogens is 1. The number of hydrogen-bond acceptors (Lipinski definition) is 5. The maximum absolute atomic E-state index is 5.98. The zero-order valence-electron chi connectivity index (χ0n) is 12.7. The molecule has 1 aromatic rings. The number of nitrogens with one attached hydrogen (secondary N) is 1. The molecule has 2 heterocycles.